The number of nitrogens with one attached hydrogen (secondary N) is 2. The third-order valence-electron chi connectivity index (χ3n) is 5.17. The number of hydrogen-bond donors (Lipinski definition) is 2. The number of aliphatic imine (C=N–C) groups is 1. The normalized spacial score (nSPS) is 16.7. The molecular formula is C23H29N5O2. The Morgan fingerprint density at radius 1 is 1.27 bits per heavy atom. The predicted molar refractivity (Wildman–Crippen MR) is 117 cm³/mol. The summed E-state index contributed by atoms with van der Waals surface area (Å²) in [6, 6.07) is 14.1. The van der Waals surface area contributed by atoms with Crippen molar-refractivity contribution in [2.75, 3.05) is 26.7 Å². The SMILES string of the molecule is CN(Cc1ncc(-c2ccccc2)[nH]1)C(=NCC1CCCO1)NCCc1ccco1. The summed E-state index contributed by atoms with van der Waals surface area (Å²) in [6.45, 7) is 2.88. The van der Waals surface area contributed by atoms with Crippen LogP contribution in [0.2, 0.25) is 0 Å². The van der Waals surface area contributed by atoms with E-state index in [0.717, 1.165) is 61.2 Å². The molecule has 30 heavy (non-hydrogen) atoms. The van der Waals surface area contributed by atoms with Gasteiger partial charge < -0.3 is 24.4 Å². The second-order valence-corrected chi connectivity index (χ2v) is 7.52. The predicted octanol–water partition coefficient (Wildman–Crippen LogP) is 3.47. The van der Waals surface area contributed by atoms with Crippen LogP contribution in [0.3, 0.4) is 0 Å². The summed E-state index contributed by atoms with van der Waals surface area (Å²) in [5.74, 6) is 2.70. The molecule has 1 aliphatic heterocycles. The molecule has 4 rings (SSSR count). The molecule has 158 valence electrons. The maximum atomic E-state index is 5.73. The number of aromatic amines is 1. The zero-order valence-electron chi connectivity index (χ0n) is 17.4. The van der Waals surface area contributed by atoms with Crippen molar-refractivity contribution in [1.82, 2.24) is 20.2 Å². The Labute approximate surface area is 177 Å². The van der Waals surface area contributed by atoms with Gasteiger partial charge in [0.25, 0.3) is 0 Å². The molecule has 0 bridgehead atoms. The fourth-order valence-corrected chi connectivity index (χ4v) is 3.55. The van der Waals surface area contributed by atoms with Gasteiger partial charge >= 0.3 is 0 Å². The smallest absolute Gasteiger partial charge is 0.194 e. The number of benzene rings is 1. The topological polar surface area (TPSA) is 78.7 Å². The lowest BCUT2D eigenvalue weighted by atomic mass is 10.2. The van der Waals surface area contributed by atoms with E-state index in [9.17, 15) is 0 Å². The highest BCUT2D eigenvalue weighted by atomic mass is 16.5. The number of ether oxygens (including phenoxy) is 1. The summed E-state index contributed by atoms with van der Waals surface area (Å²) >= 11 is 0. The van der Waals surface area contributed by atoms with Crippen LogP contribution in [0.4, 0.5) is 0 Å². The van der Waals surface area contributed by atoms with Crippen LogP contribution in [0, 0.1) is 0 Å². The highest BCUT2D eigenvalue weighted by molar-refractivity contribution is 5.79. The number of hydrogen-bond acceptors (Lipinski definition) is 4. The van der Waals surface area contributed by atoms with E-state index < -0.39 is 0 Å². The van der Waals surface area contributed by atoms with Crippen LogP contribution in [0.15, 0.2) is 64.3 Å². The fraction of sp³-hybridized carbons (Fsp3) is 0.391. The zero-order valence-corrected chi connectivity index (χ0v) is 17.4. The number of guanidine groups is 1. The van der Waals surface area contributed by atoms with Gasteiger partial charge in [-0.05, 0) is 30.5 Å². The Kier molecular flexibility index (Phi) is 6.82. The molecule has 7 heteroatoms. The van der Waals surface area contributed by atoms with Gasteiger partial charge in [-0.2, -0.15) is 0 Å². The van der Waals surface area contributed by atoms with Crippen LogP contribution in [-0.2, 0) is 17.7 Å². The van der Waals surface area contributed by atoms with Crippen molar-refractivity contribution in [3.63, 3.8) is 0 Å². The highest BCUT2D eigenvalue weighted by Gasteiger charge is 2.16. The summed E-state index contributed by atoms with van der Waals surface area (Å²) in [6.07, 6.45) is 6.80. The van der Waals surface area contributed by atoms with Crippen molar-refractivity contribution < 1.29 is 9.15 Å². The zero-order chi connectivity index (χ0) is 20.6. The van der Waals surface area contributed by atoms with E-state index in [4.69, 9.17) is 14.1 Å². The molecule has 0 radical (unpaired) electrons. The monoisotopic (exact) mass is 407 g/mol. The minimum Gasteiger partial charge on any atom is -0.469 e. The largest absolute Gasteiger partial charge is 0.469 e. The molecule has 1 unspecified atom stereocenters. The van der Waals surface area contributed by atoms with Gasteiger partial charge in [0, 0.05) is 26.6 Å². The Bertz CT molecular complexity index is 914. The number of imidazole rings is 1. The van der Waals surface area contributed by atoms with E-state index in [-0.39, 0.29) is 6.10 Å². The van der Waals surface area contributed by atoms with E-state index in [1.807, 2.05) is 43.6 Å². The van der Waals surface area contributed by atoms with Crippen molar-refractivity contribution in [1.29, 1.82) is 0 Å². The van der Waals surface area contributed by atoms with Gasteiger partial charge in [0.15, 0.2) is 5.96 Å². The second-order valence-electron chi connectivity index (χ2n) is 7.52. The number of aromatic nitrogens is 2. The van der Waals surface area contributed by atoms with Gasteiger partial charge in [0.05, 0.1) is 37.3 Å². The van der Waals surface area contributed by atoms with Crippen LogP contribution >= 0.6 is 0 Å². The molecule has 7 nitrogen and oxygen atoms in total. The molecule has 0 saturated carbocycles. The maximum absolute atomic E-state index is 5.73. The Morgan fingerprint density at radius 3 is 2.93 bits per heavy atom. The Morgan fingerprint density at radius 2 is 2.17 bits per heavy atom. The van der Waals surface area contributed by atoms with Gasteiger partial charge in [0.1, 0.15) is 11.6 Å². The molecule has 0 aliphatic carbocycles. The summed E-state index contributed by atoms with van der Waals surface area (Å²) in [5, 5.41) is 3.46. The van der Waals surface area contributed by atoms with E-state index in [2.05, 4.69) is 32.3 Å². The van der Waals surface area contributed by atoms with Crippen LogP contribution < -0.4 is 5.32 Å². The van der Waals surface area contributed by atoms with Crippen LogP contribution in [0.5, 0.6) is 0 Å². The van der Waals surface area contributed by atoms with E-state index in [1.54, 1.807) is 6.26 Å². The quantitative estimate of drug-likeness (QED) is 0.442. The minimum atomic E-state index is 0.216. The lowest BCUT2D eigenvalue weighted by Crippen LogP contribution is -2.40. The maximum Gasteiger partial charge on any atom is 0.194 e. The molecule has 3 heterocycles. The van der Waals surface area contributed by atoms with Gasteiger partial charge in [0.2, 0.25) is 0 Å². The average molecular weight is 408 g/mol. The number of H-pyrrole nitrogens is 1. The van der Waals surface area contributed by atoms with E-state index in [1.165, 1.54) is 0 Å². The standard InChI is InChI=1S/C23H29N5O2/c1-28(17-22-25-16-21(27-22)18-7-3-2-4-8-18)23(26-15-20-10-6-14-30-20)24-12-11-19-9-5-13-29-19/h2-5,7-9,13,16,20H,6,10-12,14-15,17H2,1H3,(H,24,26)(H,25,27). The van der Waals surface area contributed by atoms with E-state index >= 15 is 0 Å². The third kappa shape index (κ3) is 5.51. The summed E-state index contributed by atoms with van der Waals surface area (Å²) in [4.78, 5) is 14.9. The van der Waals surface area contributed by atoms with Gasteiger partial charge in [-0.3, -0.25) is 4.99 Å². The van der Waals surface area contributed by atoms with Crippen molar-refractivity contribution >= 4 is 5.96 Å². The molecule has 0 amide bonds. The van der Waals surface area contributed by atoms with Gasteiger partial charge in [-0.25, -0.2) is 4.98 Å². The molecule has 1 fully saturated rings. The molecule has 1 aliphatic rings. The lowest BCUT2D eigenvalue weighted by Gasteiger charge is -2.22. The molecule has 1 aromatic carbocycles. The fourth-order valence-electron chi connectivity index (χ4n) is 3.55. The molecule has 0 spiro atoms. The van der Waals surface area contributed by atoms with Gasteiger partial charge in [-0.1, -0.05) is 30.3 Å². The van der Waals surface area contributed by atoms with Crippen LogP contribution in [0.25, 0.3) is 11.3 Å². The summed E-state index contributed by atoms with van der Waals surface area (Å²) in [7, 11) is 2.03. The first kappa shape index (κ1) is 20.2. The number of nitrogens with zero attached hydrogens (tertiary/aromatic N) is 3. The van der Waals surface area contributed by atoms with Crippen molar-refractivity contribution in [3.8, 4) is 11.3 Å². The molecule has 1 saturated heterocycles. The Balaban J connectivity index is 1.39. The first-order valence-corrected chi connectivity index (χ1v) is 10.5. The first-order valence-electron chi connectivity index (χ1n) is 10.5. The van der Waals surface area contributed by atoms with Gasteiger partial charge in [-0.15, -0.1) is 0 Å². The lowest BCUT2D eigenvalue weighted by molar-refractivity contribution is 0.117. The highest BCUT2D eigenvalue weighted by Crippen LogP contribution is 2.17. The second kappa shape index (κ2) is 10.1. The first-order chi connectivity index (χ1) is 14.8. The summed E-state index contributed by atoms with van der Waals surface area (Å²) < 4.78 is 11.2. The molecular weight excluding hydrogens is 378 g/mol. The van der Waals surface area contributed by atoms with Crippen LogP contribution in [0.1, 0.15) is 24.4 Å². The van der Waals surface area contributed by atoms with Crippen LogP contribution in [-0.4, -0.2) is 53.7 Å². The summed E-state index contributed by atoms with van der Waals surface area (Å²) in [5.41, 5.74) is 2.14. The average Bonchev–Trinajstić information content (AvgIpc) is 3.54. The van der Waals surface area contributed by atoms with Crippen molar-refractivity contribution in [2.45, 2.75) is 31.9 Å². The third-order valence-corrected chi connectivity index (χ3v) is 5.17. The Hall–Kier alpha value is -3.06. The van der Waals surface area contributed by atoms with E-state index in [0.29, 0.717) is 13.1 Å². The minimum absolute atomic E-state index is 0.216. The molecule has 2 aromatic heterocycles. The van der Waals surface area contributed by atoms with Crippen molar-refractivity contribution in [3.05, 3.63) is 66.5 Å². The molecule has 3 aromatic rings. The van der Waals surface area contributed by atoms with Crippen molar-refractivity contribution in [2.24, 2.45) is 4.99 Å². The molecule has 1 atom stereocenters. The molecule has 2 N–H and O–H groups in total. The number of furan rings is 1. The number of rotatable bonds is 8.